The lowest BCUT2D eigenvalue weighted by molar-refractivity contribution is -0.0654. The molecule has 1 rings (SSSR count). The zero-order valence-corrected chi connectivity index (χ0v) is 9.37. The Hall–Kier alpha value is -1.21. The van der Waals surface area contributed by atoms with Crippen LogP contribution in [0.2, 0.25) is 0 Å². The van der Waals surface area contributed by atoms with Crippen molar-refractivity contribution in [3.8, 4) is 0 Å². The molecule has 16 heavy (non-hydrogen) atoms. The van der Waals surface area contributed by atoms with E-state index in [1.54, 1.807) is 12.1 Å². The maximum absolute atomic E-state index is 9.54. The molecule has 0 saturated carbocycles. The van der Waals surface area contributed by atoms with Crippen molar-refractivity contribution in [2.45, 2.75) is 5.72 Å². The average Bonchev–Trinajstić information content (AvgIpc) is 2.30. The van der Waals surface area contributed by atoms with Crippen LogP contribution >= 0.6 is 12.2 Å². The fourth-order valence-corrected chi connectivity index (χ4v) is 1.33. The first kappa shape index (κ1) is 12.9. The number of anilines is 1. The largest absolute Gasteiger partial charge is 0.391 e. The summed E-state index contributed by atoms with van der Waals surface area (Å²) < 4.78 is 0. The molecule has 0 aliphatic rings. The predicted octanol–water partition coefficient (Wildman–Crippen LogP) is -0.354. The van der Waals surface area contributed by atoms with E-state index in [1.165, 1.54) is 0 Å². The minimum Gasteiger partial charge on any atom is -0.391 e. The highest BCUT2D eigenvalue weighted by molar-refractivity contribution is 7.80. The summed E-state index contributed by atoms with van der Waals surface area (Å²) in [6, 6.07) is 9.11. The van der Waals surface area contributed by atoms with Gasteiger partial charge in [-0.2, -0.15) is 0 Å². The Morgan fingerprint density at radius 3 is 2.25 bits per heavy atom. The highest BCUT2D eigenvalue weighted by Gasteiger charge is 2.25. The number of aliphatic hydroxyl groups is 3. The summed E-state index contributed by atoms with van der Waals surface area (Å²) in [5.74, 6) is 0. The maximum atomic E-state index is 9.54. The molecular formula is C10H14N2O3S. The van der Waals surface area contributed by atoms with Gasteiger partial charge in [0.05, 0.1) is 13.2 Å². The number of hydrogen-bond donors (Lipinski definition) is 5. The molecule has 0 unspecified atom stereocenters. The van der Waals surface area contributed by atoms with Gasteiger partial charge in [0.15, 0.2) is 10.8 Å². The third-order valence-electron chi connectivity index (χ3n) is 1.90. The van der Waals surface area contributed by atoms with Crippen molar-refractivity contribution in [3.63, 3.8) is 0 Å². The zero-order valence-electron chi connectivity index (χ0n) is 8.55. The molecule has 0 aliphatic heterocycles. The van der Waals surface area contributed by atoms with Crippen LogP contribution in [-0.4, -0.2) is 39.4 Å². The molecule has 0 amide bonds. The third-order valence-corrected chi connectivity index (χ3v) is 2.11. The van der Waals surface area contributed by atoms with E-state index >= 15 is 0 Å². The molecule has 0 aromatic heterocycles. The predicted molar refractivity (Wildman–Crippen MR) is 64.9 cm³/mol. The summed E-state index contributed by atoms with van der Waals surface area (Å²) in [5.41, 5.74) is -1.06. The van der Waals surface area contributed by atoms with Gasteiger partial charge in [-0.3, -0.25) is 0 Å². The quantitative estimate of drug-likeness (QED) is 0.366. The van der Waals surface area contributed by atoms with E-state index in [4.69, 9.17) is 22.4 Å². The second-order valence-corrected chi connectivity index (χ2v) is 3.70. The van der Waals surface area contributed by atoms with E-state index in [-0.39, 0.29) is 5.11 Å². The Morgan fingerprint density at radius 2 is 1.75 bits per heavy atom. The Morgan fingerprint density at radius 1 is 1.19 bits per heavy atom. The lowest BCUT2D eigenvalue weighted by Gasteiger charge is -2.26. The van der Waals surface area contributed by atoms with Crippen LogP contribution in [0.3, 0.4) is 0 Å². The molecule has 5 N–H and O–H groups in total. The van der Waals surface area contributed by atoms with Crippen molar-refractivity contribution < 1.29 is 15.3 Å². The summed E-state index contributed by atoms with van der Waals surface area (Å²) in [7, 11) is 0. The lowest BCUT2D eigenvalue weighted by Crippen LogP contribution is -2.55. The minimum atomic E-state index is -1.81. The molecule has 0 spiro atoms. The molecule has 1 aromatic rings. The van der Waals surface area contributed by atoms with Crippen LogP contribution in [0.25, 0.3) is 0 Å². The fraction of sp³-hybridized carbons (Fsp3) is 0.300. The molecule has 0 bridgehead atoms. The summed E-state index contributed by atoms with van der Waals surface area (Å²) in [6.45, 7) is -1.28. The molecule has 1 aromatic carbocycles. The topological polar surface area (TPSA) is 84.8 Å². The number of nitrogens with one attached hydrogen (secondary N) is 2. The van der Waals surface area contributed by atoms with Gasteiger partial charge < -0.3 is 26.0 Å². The normalized spacial score (nSPS) is 10.9. The van der Waals surface area contributed by atoms with Gasteiger partial charge >= 0.3 is 0 Å². The maximum Gasteiger partial charge on any atom is 0.184 e. The standard InChI is InChI=1S/C10H14N2O3S/c13-6-10(15,7-14)12-9(16)11-8-4-2-1-3-5-8/h1-5,13-15H,6-7H2,(H2,11,12,16). The minimum absolute atomic E-state index is 0.122. The second kappa shape index (κ2) is 5.76. The zero-order chi connectivity index (χ0) is 12.0. The first-order valence-corrected chi connectivity index (χ1v) is 5.09. The number of rotatable bonds is 4. The Bertz CT molecular complexity index is 341. The molecule has 5 nitrogen and oxygen atoms in total. The monoisotopic (exact) mass is 242 g/mol. The molecule has 0 aliphatic carbocycles. The Kier molecular flexibility index (Phi) is 4.63. The van der Waals surface area contributed by atoms with Gasteiger partial charge in [0.1, 0.15) is 0 Å². The highest BCUT2D eigenvalue weighted by Crippen LogP contribution is 2.05. The van der Waals surface area contributed by atoms with Crippen molar-refractivity contribution in [2.75, 3.05) is 18.5 Å². The molecule has 88 valence electrons. The smallest absolute Gasteiger partial charge is 0.184 e. The van der Waals surface area contributed by atoms with Crippen LogP contribution in [0.1, 0.15) is 0 Å². The third kappa shape index (κ3) is 3.74. The molecule has 0 atom stereocenters. The lowest BCUT2D eigenvalue weighted by atomic mass is 10.2. The Balaban J connectivity index is 2.54. The van der Waals surface area contributed by atoms with Gasteiger partial charge in [0.2, 0.25) is 0 Å². The highest BCUT2D eigenvalue weighted by atomic mass is 32.1. The summed E-state index contributed by atoms with van der Waals surface area (Å²) >= 11 is 4.91. The van der Waals surface area contributed by atoms with Crippen LogP contribution in [-0.2, 0) is 0 Å². The number of thiocarbonyl (C=S) groups is 1. The molecule has 0 fully saturated rings. The average molecular weight is 242 g/mol. The van der Waals surface area contributed by atoms with Crippen LogP contribution in [0.5, 0.6) is 0 Å². The van der Waals surface area contributed by atoms with Crippen LogP contribution < -0.4 is 10.6 Å². The molecular weight excluding hydrogens is 228 g/mol. The van der Waals surface area contributed by atoms with Crippen molar-refractivity contribution in [1.82, 2.24) is 5.32 Å². The number of hydrogen-bond acceptors (Lipinski definition) is 4. The number of benzene rings is 1. The summed E-state index contributed by atoms with van der Waals surface area (Å²) in [4.78, 5) is 0. The van der Waals surface area contributed by atoms with E-state index < -0.39 is 18.9 Å². The SMILES string of the molecule is OCC(O)(CO)NC(=S)Nc1ccccc1. The van der Waals surface area contributed by atoms with Crippen LogP contribution in [0.4, 0.5) is 5.69 Å². The number of para-hydroxylation sites is 1. The molecule has 0 saturated heterocycles. The van der Waals surface area contributed by atoms with Gasteiger partial charge in [-0.15, -0.1) is 0 Å². The van der Waals surface area contributed by atoms with E-state index in [1.807, 2.05) is 18.2 Å². The number of aliphatic hydroxyl groups excluding tert-OH is 2. The van der Waals surface area contributed by atoms with E-state index in [9.17, 15) is 5.11 Å². The van der Waals surface area contributed by atoms with Crippen molar-refractivity contribution >= 4 is 23.0 Å². The molecule has 0 heterocycles. The molecule has 6 heteroatoms. The fourth-order valence-electron chi connectivity index (χ4n) is 1.02. The van der Waals surface area contributed by atoms with E-state index in [2.05, 4.69) is 10.6 Å². The summed E-state index contributed by atoms with van der Waals surface area (Å²) in [5, 5.41) is 32.6. The van der Waals surface area contributed by atoms with Gasteiger partial charge in [0.25, 0.3) is 0 Å². The van der Waals surface area contributed by atoms with Gasteiger partial charge in [-0.25, -0.2) is 0 Å². The van der Waals surface area contributed by atoms with Crippen molar-refractivity contribution in [3.05, 3.63) is 30.3 Å². The summed E-state index contributed by atoms with van der Waals surface area (Å²) in [6.07, 6.45) is 0. The van der Waals surface area contributed by atoms with E-state index in [0.717, 1.165) is 5.69 Å². The van der Waals surface area contributed by atoms with Crippen LogP contribution in [0.15, 0.2) is 30.3 Å². The Labute approximate surface area is 98.7 Å². The second-order valence-electron chi connectivity index (χ2n) is 3.29. The van der Waals surface area contributed by atoms with E-state index in [0.29, 0.717) is 0 Å². The molecule has 0 radical (unpaired) electrons. The van der Waals surface area contributed by atoms with Gasteiger partial charge in [-0.05, 0) is 24.4 Å². The first-order chi connectivity index (χ1) is 7.59. The van der Waals surface area contributed by atoms with Crippen molar-refractivity contribution in [1.29, 1.82) is 0 Å². The van der Waals surface area contributed by atoms with Gasteiger partial charge in [-0.1, -0.05) is 18.2 Å². The van der Waals surface area contributed by atoms with Crippen molar-refractivity contribution in [2.24, 2.45) is 0 Å². The van der Waals surface area contributed by atoms with Gasteiger partial charge in [0, 0.05) is 5.69 Å². The van der Waals surface area contributed by atoms with Crippen LogP contribution in [0, 0.1) is 0 Å². The first-order valence-electron chi connectivity index (χ1n) is 4.68.